The average molecular weight is 339 g/mol. The number of benzene rings is 1. The van der Waals surface area contributed by atoms with Crippen LogP contribution in [0, 0.1) is 5.82 Å². The number of carbonyl (C=O) groups excluding carboxylic acids is 2. The number of amides is 2. The van der Waals surface area contributed by atoms with Crippen LogP contribution in [0.4, 0.5) is 4.39 Å². The molecule has 1 saturated heterocycles. The molecular weight excluding hydrogens is 317 g/mol. The smallest absolute Gasteiger partial charge is 0.243 e. The van der Waals surface area contributed by atoms with Crippen molar-refractivity contribution >= 4 is 23.6 Å². The molecule has 2 unspecified atom stereocenters. The van der Waals surface area contributed by atoms with Crippen LogP contribution in [0.15, 0.2) is 24.3 Å². The largest absolute Gasteiger partial charge is 0.352 e. The summed E-state index contributed by atoms with van der Waals surface area (Å²) in [6, 6.07) is 5.84. The molecule has 0 bridgehead atoms. The fourth-order valence-corrected chi connectivity index (χ4v) is 3.37. The predicted molar refractivity (Wildman–Crippen MR) is 89.6 cm³/mol. The molecule has 0 aromatic heterocycles. The minimum Gasteiger partial charge on any atom is -0.352 e. The fraction of sp³-hybridized carbons (Fsp3) is 0.500. The highest BCUT2D eigenvalue weighted by Gasteiger charge is 2.33. The van der Waals surface area contributed by atoms with Gasteiger partial charge in [-0.25, -0.2) is 4.39 Å². The zero-order valence-electron chi connectivity index (χ0n) is 13.3. The first-order chi connectivity index (χ1) is 10.8. The maximum Gasteiger partial charge on any atom is 0.243 e. The van der Waals surface area contributed by atoms with Crippen LogP contribution in [0.2, 0.25) is 0 Å². The van der Waals surface area contributed by atoms with Gasteiger partial charge in [0.2, 0.25) is 11.8 Å². The van der Waals surface area contributed by atoms with Crippen LogP contribution in [0.25, 0.3) is 0 Å². The Bertz CT molecular complexity index is 589. The third kappa shape index (κ3) is 5.21. The molecule has 7 heteroatoms. The molecule has 0 saturated carbocycles. The van der Waals surface area contributed by atoms with Crippen LogP contribution in [-0.2, 0) is 16.0 Å². The number of halogens is 1. The molecule has 0 radical (unpaired) electrons. The van der Waals surface area contributed by atoms with Gasteiger partial charge in [0.05, 0.1) is 5.25 Å². The lowest BCUT2D eigenvalue weighted by Gasteiger charge is -2.29. The number of nitrogens with two attached hydrogens (primary N) is 1. The molecule has 126 valence electrons. The second kappa shape index (κ2) is 7.31. The van der Waals surface area contributed by atoms with E-state index in [9.17, 15) is 14.0 Å². The Balaban J connectivity index is 1.89. The zero-order valence-corrected chi connectivity index (χ0v) is 14.1. The highest BCUT2D eigenvalue weighted by Crippen LogP contribution is 2.23. The lowest BCUT2D eigenvalue weighted by Crippen LogP contribution is -2.56. The number of nitrogens with one attached hydrogen (secondary N) is 2. The van der Waals surface area contributed by atoms with E-state index < -0.39 is 11.6 Å². The molecule has 1 aromatic rings. The molecule has 2 amide bonds. The van der Waals surface area contributed by atoms with E-state index in [1.165, 1.54) is 17.8 Å². The molecular formula is C16H22FN3O2S. The van der Waals surface area contributed by atoms with Crippen molar-refractivity contribution in [1.82, 2.24) is 10.6 Å². The van der Waals surface area contributed by atoms with Gasteiger partial charge in [0.25, 0.3) is 0 Å². The normalized spacial score (nSPS) is 21.7. The first-order valence-corrected chi connectivity index (χ1v) is 8.53. The topological polar surface area (TPSA) is 84.2 Å². The molecule has 1 fully saturated rings. The summed E-state index contributed by atoms with van der Waals surface area (Å²) >= 11 is 1.37. The van der Waals surface area contributed by atoms with Crippen molar-refractivity contribution < 1.29 is 14.0 Å². The predicted octanol–water partition coefficient (Wildman–Crippen LogP) is 0.822. The summed E-state index contributed by atoms with van der Waals surface area (Å²) in [7, 11) is 0. The monoisotopic (exact) mass is 339 g/mol. The van der Waals surface area contributed by atoms with Gasteiger partial charge >= 0.3 is 0 Å². The summed E-state index contributed by atoms with van der Waals surface area (Å²) in [4.78, 5) is 24.2. The molecule has 23 heavy (non-hydrogen) atoms. The summed E-state index contributed by atoms with van der Waals surface area (Å²) in [6.07, 6.45) is 0.313. The molecule has 5 nitrogen and oxygen atoms in total. The maximum atomic E-state index is 13.7. The summed E-state index contributed by atoms with van der Waals surface area (Å²) in [5.74, 6) is -0.335. The Labute approximate surface area is 139 Å². The molecule has 4 N–H and O–H groups in total. The number of rotatable bonds is 5. The molecule has 0 spiro atoms. The number of hydrogen-bond acceptors (Lipinski definition) is 4. The van der Waals surface area contributed by atoms with Crippen LogP contribution in [0.3, 0.4) is 0 Å². The van der Waals surface area contributed by atoms with E-state index >= 15 is 0 Å². The van der Waals surface area contributed by atoms with E-state index in [1.807, 2.05) is 13.8 Å². The Morgan fingerprint density at radius 2 is 2.17 bits per heavy atom. The van der Waals surface area contributed by atoms with Crippen LogP contribution >= 0.6 is 11.8 Å². The van der Waals surface area contributed by atoms with Crippen LogP contribution < -0.4 is 16.4 Å². The third-order valence-corrected chi connectivity index (χ3v) is 4.78. The van der Waals surface area contributed by atoms with Crippen molar-refractivity contribution in [3.63, 3.8) is 0 Å². The van der Waals surface area contributed by atoms with Gasteiger partial charge in [0.1, 0.15) is 11.9 Å². The lowest BCUT2D eigenvalue weighted by molar-refractivity contribution is -0.128. The minimum atomic E-state index is -0.577. The van der Waals surface area contributed by atoms with E-state index in [-0.39, 0.29) is 22.9 Å². The fourth-order valence-electron chi connectivity index (χ4n) is 2.19. The van der Waals surface area contributed by atoms with Gasteiger partial charge in [0, 0.05) is 17.8 Å². The molecule has 1 aliphatic rings. The number of carbonyl (C=O) groups is 2. The van der Waals surface area contributed by atoms with Gasteiger partial charge in [-0.1, -0.05) is 18.2 Å². The van der Waals surface area contributed by atoms with Gasteiger partial charge in [-0.2, -0.15) is 0 Å². The molecule has 1 aliphatic heterocycles. The van der Waals surface area contributed by atoms with Gasteiger partial charge in [0.15, 0.2) is 0 Å². The van der Waals surface area contributed by atoms with Crippen molar-refractivity contribution in [2.75, 3.05) is 12.3 Å². The summed E-state index contributed by atoms with van der Waals surface area (Å²) in [6.45, 7) is 3.96. The van der Waals surface area contributed by atoms with Crippen LogP contribution in [-0.4, -0.2) is 40.9 Å². The number of hydrogen-bond donors (Lipinski definition) is 3. The summed E-state index contributed by atoms with van der Waals surface area (Å²) in [5.41, 5.74) is 5.82. The zero-order chi connectivity index (χ0) is 17.0. The Morgan fingerprint density at radius 3 is 2.78 bits per heavy atom. The van der Waals surface area contributed by atoms with Gasteiger partial charge in [-0.15, -0.1) is 11.8 Å². The first kappa shape index (κ1) is 17.7. The van der Waals surface area contributed by atoms with Crippen molar-refractivity contribution in [3.8, 4) is 0 Å². The summed E-state index contributed by atoms with van der Waals surface area (Å²) < 4.78 is 13.7. The van der Waals surface area contributed by atoms with E-state index in [0.717, 1.165) is 0 Å². The lowest BCUT2D eigenvalue weighted by atomic mass is 10.1. The quantitative estimate of drug-likeness (QED) is 0.742. The Kier molecular flexibility index (Phi) is 5.64. The molecule has 0 aliphatic carbocycles. The van der Waals surface area contributed by atoms with Crippen LogP contribution in [0.5, 0.6) is 0 Å². The second-order valence-electron chi connectivity index (χ2n) is 6.39. The third-order valence-electron chi connectivity index (χ3n) is 3.47. The molecule has 1 aromatic carbocycles. The second-order valence-corrected chi connectivity index (χ2v) is 7.62. The molecule has 2 atom stereocenters. The van der Waals surface area contributed by atoms with Crippen molar-refractivity contribution in [1.29, 1.82) is 0 Å². The highest BCUT2D eigenvalue weighted by atomic mass is 32.2. The van der Waals surface area contributed by atoms with E-state index in [2.05, 4.69) is 10.6 Å². The van der Waals surface area contributed by atoms with Crippen LogP contribution in [0.1, 0.15) is 19.4 Å². The summed E-state index contributed by atoms with van der Waals surface area (Å²) in [5, 5.41) is 5.05. The van der Waals surface area contributed by atoms with Crippen molar-refractivity contribution in [3.05, 3.63) is 35.6 Å². The van der Waals surface area contributed by atoms with Crippen molar-refractivity contribution in [2.24, 2.45) is 5.73 Å². The average Bonchev–Trinajstić information content (AvgIpc) is 2.48. The van der Waals surface area contributed by atoms with E-state index in [1.54, 1.807) is 18.2 Å². The van der Waals surface area contributed by atoms with Gasteiger partial charge in [-0.3, -0.25) is 9.59 Å². The molecule has 1 heterocycles. The van der Waals surface area contributed by atoms with Gasteiger partial charge < -0.3 is 16.4 Å². The van der Waals surface area contributed by atoms with Crippen molar-refractivity contribution in [2.45, 2.75) is 37.1 Å². The van der Waals surface area contributed by atoms with Gasteiger partial charge in [-0.05, 0) is 31.9 Å². The Hall–Kier alpha value is -1.60. The Morgan fingerprint density at radius 1 is 1.48 bits per heavy atom. The SMILES string of the molecule is CC(C)(N)CNC(=O)C1CSC(Cc2ccccc2F)C(=O)N1. The van der Waals surface area contributed by atoms with E-state index in [4.69, 9.17) is 5.73 Å². The highest BCUT2D eigenvalue weighted by molar-refractivity contribution is 8.00. The maximum absolute atomic E-state index is 13.7. The number of thioether (sulfide) groups is 1. The first-order valence-electron chi connectivity index (χ1n) is 7.48. The molecule has 2 rings (SSSR count). The standard InChI is InChI=1S/C16H22FN3O2S/c1-16(2,18)9-19-14(21)12-8-23-13(15(22)20-12)7-10-5-3-4-6-11(10)17/h3-6,12-13H,7-9,18H2,1-2H3,(H,19,21)(H,20,22). The minimum absolute atomic E-state index is 0.239. The van der Waals surface area contributed by atoms with E-state index in [0.29, 0.717) is 24.3 Å².